The van der Waals surface area contributed by atoms with Crippen molar-refractivity contribution in [2.24, 2.45) is 0 Å². The molecule has 0 radical (unpaired) electrons. The highest BCUT2D eigenvalue weighted by Crippen LogP contribution is 2.38. The van der Waals surface area contributed by atoms with Crippen molar-refractivity contribution < 1.29 is 0 Å². The van der Waals surface area contributed by atoms with Gasteiger partial charge in [0.05, 0.1) is 0 Å². The van der Waals surface area contributed by atoms with Crippen molar-refractivity contribution in [3.63, 3.8) is 0 Å². The minimum absolute atomic E-state index is 0.805. The Balaban J connectivity index is 2.17. The minimum atomic E-state index is 0.805. The van der Waals surface area contributed by atoms with E-state index in [2.05, 4.69) is 35.4 Å². The summed E-state index contributed by atoms with van der Waals surface area (Å²) < 4.78 is 0. The monoisotopic (exact) mass is 171 g/mol. The van der Waals surface area contributed by atoms with E-state index in [1.807, 2.05) is 0 Å². The molecule has 1 aliphatic rings. The Bertz CT molecular complexity index is 423. The first-order valence-electron chi connectivity index (χ1n) is 5.01. The molecule has 1 aromatic carbocycles. The summed E-state index contributed by atoms with van der Waals surface area (Å²) in [6, 6.07) is 8.62. The van der Waals surface area contributed by atoms with Crippen LogP contribution in [0.25, 0.3) is 10.8 Å². The van der Waals surface area contributed by atoms with E-state index in [4.69, 9.17) is 0 Å². The van der Waals surface area contributed by atoms with Crippen LogP contribution in [0.4, 0.5) is 0 Å². The third-order valence-electron chi connectivity index (χ3n) is 3.15. The maximum Gasteiger partial charge on any atom is 0.0258 e. The van der Waals surface area contributed by atoms with E-state index in [-0.39, 0.29) is 0 Å². The van der Waals surface area contributed by atoms with E-state index in [1.54, 1.807) is 0 Å². The molecule has 66 valence electrons. The Labute approximate surface area is 77.8 Å². The third-order valence-corrected chi connectivity index (χ3v) is 3.15. The van der Waals surface area contributed by atoms with Gasteiger partial charge in [0.15, 0.2) is 0 Å². The third kappa shape index (κ3) is 0.998. The largest absolute Gasteiger partial charge is 0.364 e. The second-order valence-corrected chi connectivity index (χ2v) is 3.92. The van der Waals surface area contributed by atoms with Gasteiger partial charge in [-0.2, -0.15) is 0 Å². The average molecular weight is 171 g/mol. The van der Waals surface area contributed by atoms with E-state index in [0.717, 1.165) is 5.92 Å². The van der Waals surface area contributed by atoms with E-state index in [1.165, 1.54) is 35.7 Å². The first-order chi connectivity index (χ1) is 6.45. The van der Waals surface area contributed by atoms with Crippen LogP contribution in [0.3, 0.4) is 0 Å². The maximum absolute atomic E-state index is 3.42. The molecular weight excluding hydrogens is 158 g/mol. The average Bonchev–Trinajstić information content (AvgIpc) is 2.47. The fourth-order valence-electron chi connectivity index (χ4n) is 2.14. The number of hydrogen-bond donors (Lipinski definition) is 1. The van der Waals surface area contributed by atoms with Crippen LogP contribution in [-0.2, 0) is 0 Å². The van der Waals surface area contributed by atoms with Crippen molar-refractivity contribution in [2.45, 2.75) is 25.2 Å². The van der Waals surface area contributed by atoms with Crippen molar-refractivity contribution in [1.29, 1.82) is 0 Å². The molecule has 1 heteroatoms. The highest BCUT2D eigenvalue weighted by molar-refractivity contribution is 5.85. The number of H-pyrrole nitrogens is 1. The number of nitrogens with one attached hydrogen (secondary N) is 1. The Morgan fingerprint density at radius 2 is 2.00 bits per heavy atom. The summed E-state index contributed by atoms with van der Waals surface area (Å²) in [5, 5.41) is 2.77. The molecule has 1 heterocycles. The van der Waals surface area contributed by atoms with Gasteiger partial charge in [0.25, 0.3) is 0 Å². The standard InChI is InChI=1S/C12H13N/c1-2-7-11-10(4-1)8-13-12(11)9-5-3-6-9/h1-2,4,7-9,13H,3,5-6H2. The number of hydrogen-bond acceptors (Lipinski definition) is 0. The Morgan fingerprint density at radius 1 is 1.15 bits per heavy atom. The van der Waals surface area contributed by atoms with Gasteiger partial charge in [-0.1, -0.05) is 30.7 Å². The molecule has 0 saturated heterocycles. The molecule has 0 atom stereocenters. The number of aromatic nitrogens is 1. The van der Waals surface area contributed by atoms with Crippen LogP contribution in [0.2, 0.25) is 0 Å². The molecule has 0 unspecified atom stereocenters. The molecule has 1 nitrogen and oxygen atoms in total. The zero-order valence-corrected chi connectivity index (χ0v) is 7.59. The van der Waals surface area contributed by atoms with Gasteiger partial charge in [-0.15, -0.1) is 0 Å². The SMILES string of the molecule is c1ccc2c(C3CCC3)[nH]cc2c1. The lowest BCUT2D eigenvalue weighted by Crippen LogP contribution is -2.09. The van der Waals surface area contributed by atoms with Gasteiger partial charge in [0.1, 0.15) is 0 Å². The first kappa shape index (κ1) is 7.19. The molecule has 1 aliphatic carbocycles. The molecule has 3 rings (SSSR count). The molecular formula is C12H13N. The lowest BCUT2D eigenvalue weighted by molar-refractivity contribution is 0.415. The summed E-state index contributed by atoms with van der Waals surface area (Å²) in [7, 11) is 0. The van der Waals surface area contributed by atoms with Crippen LogP contribution < -0.4 is 0 Å². The molecule has 1 fully saturated rings. The van der Waals surface area contributed by atoms with Gasteiger partial charge < -0.3 is 4.98 Å². The highest BCUT2D eigenvalue weighted by atomic mass is 14.7. The minimum Gasteiger partial charge on any atom is -0.364 e. The van der Waals surface area contributed by atoms with E-state index in [9.17, 15) is 0 Å². The summed E-state index contributed by atoms with van der Waals surface area (Å²) in [6.07, 6.45) is 6.26. The smallest absolute Gasteiger partial charge is 0.0258 e. The second kappa shape index (κ2) is 2.63. The predicted molar refractivity (Wildman–Crippen MR) is 54.9 cm³/mol. The summed E-state index contributed by atoms with van der Waals surface area (Å²) in [4.78, 5) is 3.42. The number of aromatic amines is 1. The van der Waals surface area contributed by atoms with Crippen molar-refractivity contribution in [3.8, 4) is 0 Å². The Hall–Kier alpha value is -1.24. The van der Waals surface area contributed by atoms with Gasteiger partial charge in [0, 0.05) is 17.3 Å². The van der Waals surface area contributed by atoms with Crippen molar-refractivity contribution in [3.05, 3.63) is 36.2 Å². The first-order valence-corrected chi connectivity index (χ1v) is 5.01. The van der Waals surface area contributed by atoms with Crippen LogP contribution in [-0.4, -0.2) is 4.98 Å². The molecule has 13 heavy (non-hydrogen) atoms. The predicted octanol–water partition coefficient (Wildman–Crippen LogP) is 3.44. The van der Waals surface area contributed by atoms with E-state index < -0.39 is 0 Å². The molecule has 0 bridgehead atoms. The molecule has 0 spiro atoms. The van der Waals surface area contributed by atoms with Crippen molar-refractivity contribution in [1.82, 2.24) is 4.98 Å². The molecule has 0 amide bonds. The van der Waals surface area contributed by atoms with Crippen molar-refractivity contribution in [2.75, 3.05) is 0 Å². The Morgan fingerprint density at radius 3 is 2.77 bits per heavy atom. The van der Waals surface area contributed by atoms with Crippen molar-refractivity contribution >= 4 is 10.8 Å². The number of benzene rings is 1. The summed E-state index contributed by atoms with van der Waals surface area (Å²) in [5.74, 6) is 0.805. The van der Waals surface area contributed by atoms with Gasteiger partial charge in [-0.05, 0) is 24.1 Å². The second-order valence-electron chi connectivity index (χ2n) is 3.92. The van der Waals surface area contributed by atoms with Crippen LogP contribution in [0.15, 0.2) is 30.5 Å². The van der Waals surface area contributed by atoms with E-state index in [0.29, 0.717) is 0 Å². The summed E-state index contributed by atoms with van der Waals surface area (Å²) in [6.45, 7) is 0. The lowest BCUT2D eigenvalue weighted by atomic mass is 9.82. The zero-order valence-electron chi connectivity index (χ0n) is 7.59. The van der Waals surface area contributed by atoms with Gasteiger partial charge in [0.2, 0.25) is 0 Å². The number of rotatable bonds is 1. The molecule has 1 saturated carbocycles. The fourth-order valence-corrected chi connectivity index (χ4v) is 2.14. The quantitative estimate of drug-likeness (QED) is 0.676. The summed E-state index contributed by atoms with van der Waals surface area (Å²) in [5.41, 5.74) is 1.46. The van der Waals surface area contributed by atoms with Gasteiger partial charge in [-0.3, -0.25) is 0 Å². The van der Waals surface area contributed by atoms with Gasteiger partial charge in [-0.25, -0.2) is 0 Å². The topological polar surface area (TPSA) is 15.8 Å². The molecule has 0 aliphatic heterocycles. The lowest BCUT2D eigenvalue weighted by Gasteiger charge is -2.24. The molecule has 1 N–H and O–H groups in total. The molecule has 2 aromatic rings. The van der Waals surface area contributed by atoms with Crippen LogP contribution in [0.5, 0.6) is 0 Å². The van der Waals surface area contributed by atoms with Crippen LogP contribution >= 0.6 is 0 Å². The number of fused-ring (bicyclic) bond motifs is 1. The maximum atomic E-state index is 3.42. The highest BCUT2D eigenvalue weighted by Gasteiger charge is 2.22. The summed E-state index contributed by atoms with van der Waals surface area (Å²) >= 11 is 0. The molecule has 1 aromatic heterocycles. The van der Waals surface area contributed by atoms with E-state index >= 15 is 0 Å². The van der Waals surface area contributed by atoms with Crippen LogP contribution in [0.1, 0.15) is 30.9 Å². The van der Waals surface area contributed by atoms with Gasteiger partial charge >= 0.3 is 0 Å². The fraction of sp³-hybridized carbons (Fsp3) is 0.333. The normalized spacial score (nSPS) is 17.5. The Kier molecular flexibility index (Phi) is 1.45. The zero-order chi connectivity index (χ0) is 8.67. The van der Waals surface area contributed by atoms with Crippen LogP contribution in [0, 0.1) is 0 Å².